The van der Waals surface area contributed by atoms with Gasteiger partial charge in [-0.1, -0.05) is 28.9 Å². The highest BCUT2D eigenvalue weighted by atomic mass is 79.9. The molecule has 1 N–H and O–H groups in total. The highest BCUT2D eigenvalue weighted by Crippen LogP contribution is 2.30. The predicted octanol–water partition coefficient (Wildman–Crippen LogP) is 4.57. The van der Waals surface area contributed by atoms with E-state index in [2.05, 4.69) is 21.2 Å². The maximum Gasteiger partial charge on any atom is 0.131 e. The van der Waals surface area contributed by atoms with Crippen molar-refractivity contribution in [2.45, 2.75) is 13.0 Å². The molecule has 1 nitrogen and oxygen atoms in total. The molecule has 0 fully saturated rings. The Hall–Kier alpha value is -1.33. The summed E-state index contributed by atoms with van der Waals surface area (Å²) in [5, 5.41) is 2.92. The second-order valence-corrected chi connectivity index (χ2v) is 5.21. The van der Waals surface area contributed by atoms with Crippen molar-refractivity contribution >= 4 is 15.9 Å². The lowest BCUT2D eigenvalue weighted by Crippen LogP contribution is -2.25. The van der Waals surface area contributed by atoms with E-state index in [0.29, 0.717) is 11.0 Å². The first-order chi connectivity index (χ1) is 9.54. The quantitative estimate of drug-likeness (QED) is 0.857. The molecule has 20 heavy (non-hydrogen) atoms. The number of hydrogen-bond donors (Lipinski definition) is 1. The highest BCUT2D eigenvalue weighted by Gasteiger charge is 2.23. The lowest BCUT2D eigenvalue weighted by Gasteiger charge is -2.21. The third-order valence-corrected chi connectivity index (χ3v) is 3.46. The molecule has 0 aliphatic carbocycles. The van der Waals surface area contributed by atoms with Crippen molar-refractivity contribution in [3.05, 3.63) is 69.4 Å². The molecule has 1 unspecified atom stereocenters. The molecule has 2 aromatic rings. The van der Waals surface area contributed by atoms with Crippen LogP contribution in [0.2, 0.25) is 0 Å². The number of benzene rings is 2. The van der Waals surface area contributed by atoms with Crippen LogP contribution >= 0.6 is 15.9 Å². The molecule has 0 aliphatic rings. The fourth-order valence-corrected chi connectivity index (χ4v) is 2.47. The van der Waals surface area contributed by atoms with Crippen LogP contribution in [0.5, 0.6) is 0 Å². The molecule has 0 bridgehead atoms. The molecule has 2 rings (SSSR count). The van der Waals surface area contributed by atoms with Gasteiger partial charge in [-0.3, -0.25) is 0 Å². The van der Waals surface area contributed by atoms with Crippen LogP contribution in [0.15, 0.2) is 40.9 Å². The molecular weight excluding hydrogens is 331 g/mol. The average molecular weight is 344 g/mol. The van der Waals surface area contributed by atoms with E-state index in [1.165, 1.54) is 30.3 Å². The van der Waals surface area contributed by atoms with Crippen LogP contribution in [0.4, 0.5) is 13.2 Å². The van der Waals surface area contributed by atoms with Gasteiger partial charge in [-0.05, 0) is 36.9 Å². The second kappa shape index (κ2) is 6.41. The number of rotatable bonds is 4. The summed E-state index contributed by atoms with van der Waals surface area (Å²) in [5.74, 6) is -1.91. The Morgan fingerprint density at radius 2 is 1.70 bits per heavy atom. The molecule has 106 valence electrons. The van der Waals surface area contributed by atoms with Gasteiger partial charge in [0.25, 0.3) is 0 Å². The molecule has 0 radical (unpaired) electrons. The fraction of sp³-hybridized carbons (Fsp3) is 0.200. The lowest BCUT2D eigenvalue weighted by atomic mass is 9.97. The van der Waals surface area contributed by atoms with Crippen molar-refractivity contribution in [3.63, 3.8) is 0 Å². The van der Waals surface area contributed by atoms with E-state index in [9.17, 15) is 13.2 Å². The summed E-state index contributed by atoms with van der Waals surface area (Å²) in [5.41, 5.74) is 0.0246. The monoisotopic (exact) mass is 343 g/mol. The summed E-state index contributed by atoms with van der Waals surface area (Å²) in [4.78, 5) is 0. The number of nitrogens with one attached hydrogen (secondary N) is 1. The molecule has 0 heterocycles. The number of hydrogen-bond acceptors (Lipinski definition) is 1. The van der Waals surface area contributed by atoms with Gasteiger partial charge < -0.3 is 5.32 Å². The van der Waals surface area contributed by atoms with Crippen molar-refractivity contribution < 1.29 is 13.2 Å². The van der Waals surface area contributed by atoms with Crippen LogP contribution in [0, 0.1) is 17.5 Å². The fourth-order valence-electron chi connectivity index (χ4n) is 2.09. The first-order valence-corrected chi connectivity index (χ1v) is 6.96. The minimum absolute atomic E-state index is 0.175. The summed E-state index contributed by atoms with van der Waals surface area (Å²) >= 11 is 3.24. The Morgan fingerprint density at radius 1 is 1.05 bits per heavy atom. The van der Waals surface area contributed by atoms with Crippen LogP contribution in [-0.2, 0) is 0 Å². The minimum atomic E-state index is -0.876. The van der Waals surface area contributed by atoms with Crippen LogP contribution in [0.3, 0.4) is 0 Å². The smallest absolute Gasteiger partial charge is 0.131 e. The Morgan fingerprint density at radius 3 is 2.30 bits per heavy atom. The van der Waals surface area contributed by atoms with E-state index in [1.54, 1.807) is 13.0 Å². The van der Waals surface area contributed by atoms with E-state index in [0.717, 1.165) is 0 Å². The van der Waals surface area contributed by atoms with Gasteiger partial charge in [0, 0.05) is 15.6 Å². The molecule has 5 heteroatoms. The number of halogens is 4. The van der Waals surface area contributed by atoms with Crippen LogP contribution in [0.1, 0.15) is 24.1 Å². The van der Waals surface area contributed by atoms with E-state index < -0.39 is 23.5 Å². The maximum atomic E-state index is 14.0. The molecule has 0 saturated heterocycles. The van der Waals surface area contributed by atoms with Crippen LogP contribution < -0.4 is 5.32 Å². The third kappa shape index (κ3) is 3.04. The molecule has 0 amide bonds. The zero-order valence-corrected chi connectivity index (χ0v) is 12.3. The SMILES string of the molecule is CCNC(c1cc(Br)ccc1F)c1c(F)cccc1F. The first kappa shape index (κ1) is 15.1. The molecule has 0 aliphatic heterocycles. The molecular formula is C15H13BrF3N. The normalized spacial score (nSPS) is 12.4. The third-order valence-electron chi connectivity index (χ3n) is 2.97. The Bertz CT molecular complexity index is 596. The molecule has 0 aromatic heterocycles. The Kier molecular flexibility index (Phi) is 4.83. The van der Waals surface area contributed by atoms with Gasteiger partial charge in [-0.25, -0.2) is 13.2 Å². The maximum absolute atomic E-state index is 14.0. The summed E-state index contributed by atoms with van der Waals surface area (Å²) < 4.78 is 42.5. The van der Waals surface area contributed by atoms with Gasteiger partial charge in [-0.2, -0.15) is 0 Å². The summed E-state index contributed by atoms with van der Waals surface area (Å²) in [6, 6.07) is 7.07. The van der Waals surface area contributed by atoms with Crippen molar-refractivity contribution in [1.29, 1.82) is 0 Å². The van der Waals surface area contributed by atoms with Crippen molar-refractivity contribution in [2.75, 3.05) is 6.54 Å². The van der Waals surface area contributed by atoms with E-state index >= 15 is 0 Å². The standard InChI is InChI=1S/C15H13BrF3N/c1-2-20-15(10-8-9(16)6-7-11(10)17)14-12(18)4-3-5-13(14)19/h3-8,15,20H,2H2,1H3. The van der Waals surface area contributed by atoms with E-state index in [1.807, 2.05) is 0 Å². The molecule has 0 spiro atoms. The first-order valence-electron chi connectivity index (χ1n) is 6.16. The van der Waals surface area contributed by atoms with Crippen molar-refractivity contribution in [1.82, 2.24) is 5.32 Å². The van der Waals surface area contributed by atoms with E-state index in [-0.39, 0.29) is 11.1 Å². The van der Waals surface area contributed by atoms with E-state index in [4.69, 9.17) is 0 Å². The highest BCUT2D eigenvalue weighted by molar-refractivity contribution is 9.10. The Balaban J connectivity index is 2.59. The van der Waals surface area contributed by atoms with Crippen molar-refractivity contribution in [2.24, 2.45) is 0 Å². The largest absolute Gasteiger partial charge is 0.306 e. The zero-order valence-electron chi connectivity index (χ0n) is 10.8. The second-order valence-electron chi connectivity index (χ2n) is 4.29. The summed E-state index contributed by atoms with van der Waals surface area (Å²) in [6.07, 6.45) is 0. The van der Waals surface area contributed by atoms with Gasteiger partial charge in [0.2, 0.25) is 0 Å². The Labute approximate surface area is 123 Å². The van der Waals surface area contributed by atoms with Gasteiger partial charge in [0.1, 0.15) is 17.5 Å². The minimum Gasteiger partial charge on any atom is -0.306 e. The van der Waals surface area contributed by atoms with Crippen LogP contribution in [-0.4, -0.2) is 6.54 Å². The molecule has 0 saturated carbocycles. The van der Waals surface area contributed by atoms with Gasteiger partial charge in [-0.15, -0.1) is 0 Å². The molecule has 1 atom stereocenters. The van der Waals surface area contributed by atoms with Gasteiger partial charge >= 0.3 is 0 Å². The lowest BCUT2D eigenvalue weighted by molar-refractivity contribution is 0.495. The van der Waals surface area contributed by atoms with Crippen LogP contribution in [0.25, 0.3) is 0 Å². The topological polar surface area (TPSA) is 12.0 Å². The summed E-state index contributed by atoms with van der Waals surface area (Å²) in [7, 11) is 0. The molecule has 2 aromatic carbocycles. The summed E-state index contributed by atoms with van der Waals surface area (Å²) in [6.45, 7) is 2.24. The van der Waals surface area contributed by atoms with Gasteiger partial charge in [0.15, 0.2) is 0 Å². The average Bonchev–Trinajstić information content (AvgIpc) is 2.40. The van der Waals surface area contributed by atoms with Gasteiger partial charge in [0.05, 0.1) is 6.04 Å². The zero-order chi connectivity index (χ0) is 14.7. The predicted molar refractivity (Wildman–Crippen MR) is 76.0 cm³/mol. The van der Waals surface area contributed by atoms with Crippen molar-refractivity contribution in [3.8, 4) is 0 Å².